The maximum atomic E-state index is 11.6. The molecule has 0 amide bonds. The van der Waals surface area contributed by atoms with Gasteiger partial charge in [0.2, 0.25) is 0 Å². The van der Waals surface area contributed by atoms with Gasteiger partial charge in [0.1, 0.15) is 0 Å². The van der Waals surface area contributed by atoms with Crippen molar-refractivity contribution in [1.29, 1.82) is 0 Å². The second kappa shape index (κ2) is 7.82. The maximum Gasteiger partial charge on any atom is 0.166 e. The number of ether oxygens (including phenoxy) is 1. The minimum absolute atomic E-state index is 0.0894. The van der Waals surface area contributed by atoms with Crippen LogP contribution in [-0.4, -0.2) is 42.8 Å². The Morgan fingerprint density at radius 3 is 2.17 bits per heavy atom. The SMILES string of the molecule is CCC(=O)C(=C/C=C/N1CCOCC1)C(=O)CC. The van der Waals surface area contributed by atoms with Crippen molar-refractivity contribution in [2.24, 2.45) is 0 Å². The third kappa shape index (κ3) is 4.45. The van der Waals surface area contributed by atoms with Crippen LogP contribution in [0.15, 0.2) is 23.9 Å². The summed E-state index contributed by atoms with van der Waals surface area (Å²) in [5, 5.41) is 0. The van der Waals surface area contributed by atoms with Crippen LogP contribution in [0.4, 0.5) is 0 Å². The lowest BCUT2D eigenvalue weighted by atomic mass is 10.0. The first-order valence-electron chi connectivity index (χ1n) is 6.45. The highest BCUT2D eigenvalue weighted by Crippen LogP contribution is 2.06. The van der Waals surface area contributed by atoms with Crippen molar-refractivity contribution < 1.29 is 14.3 Å². The van der Waals surface area contributed by atoms with Crippen molar-refractivity contribution >= 4 is 11.6 Å². The molecule has 4 heteroatoms. The topological polar surface area (TPSA) is 46.6 Å². The fourth-order valence-electron chi connectivity index (χ4n) is 1.71. The van der Waals surface area contributed by atoms with Gasteiger partial charge in [-0.2, -0.15) is 0 Å². The quantitative estimate of drug-likeness (QED) is 0.312. The van der Waals surface area contributed by atoms with Crippen molar-refractivity contribution in [2.75, 3.05) is 26.3 Å². The van der Waals surface area contributed by atoms with E-state index in [1.165, 1.54) is 0 Å². The fraction of sp³-hybridized carbons (Fsp3) is 0.571. The Morgan fingerprint density at radius 1 is 1.11 bits per heavy atom. The fourth-order valence-corrected chi connectivity index (χ4v) is 1.71. The standard InChI is InChI=1S/C14H21NO3/c1-3-13(16)12(14(17)4-2)6-5-7-15-8-10-18-11-9-15/h5-7H,3-4,8-11H2,1-2H3/b7-5+. The van der Waals surface area contributed by atoms with Crippen LogP contribution in [-0.2, 0) is 14.3 Å². The minimum Gasteiger partial charge on any atom is -0.378 e. The van der Waals surface area contributed by atoms with Gasteiger partial charge in [-0.25, -0.2) is 0 Å². The molecule has 1 aliphatic rings. The van der Waals surface area contributed by atoms with Gasteiger partial charge in [0, 0.05) is 25.9 Å². The van der Waals surface area contributed by atoms with Crippen molar-refractivity contribution in [3.63, 3.8) is 0 Å². The molecule has 0 bridgehead atoms. The Bertz CT molecular complexity index is 334. The molecule has 1 rings (SSSR count). The summed E-state index contributed by atoms with van der Waals surface area (Å²) in [5.41, 5.74) is 0.310. The molecule has 18 heavy (non-hydrogen) atoms. The Hall–Kier alpha value is -1.42. The molecule has 0 radical (unpaired) electrons. The number of nitrogens with zero attached hydrogens (tertiary/aromatic N) is 1. The van der Waals surface area contributed by atoms with E-state index in [9.17, 15) is 9.59 Å². The van der Waals surface area contributed by atoms with Crippen LogP contribution in [0.1, 0.15) is 26.7 Å². The smallest absolute Gasteiger partial charge is 0.166 e. The summed E-state index contributed by atoms with van der Waals surface area (Å²) in [6.45, 7) is 6.69. The number of hydrogen-bond acceptors (Lipinski definition) is 4. The predicted molar refractivity (Wildman–Crippen MR) is 70.2 cm³/mol. The first-order valence-corrected chi connectivity index (χ1v) is 6.45. The number of carbonyl (C=O) groups excluding carboxylic acids is 2. The lowest BCUT2D eigenvalue weighted by Crippen LogP contribution is -2.31. The Balaban J connectivity index is 2.66. The Morgan fingerprint density at radius 2 is 1.67 bits per heavy atom. The number of hydrogen-bond donors (Lipinski definition) is 0. The molecule has 0 aromatic rings. The van der Waals surface area contributed by atoms with Crippen LogP contribution in [0.3, 0.4) is 0 Å². The van der Waals surface area contributed by atoms with Gasteiger partial charge in [0.15, 0.2) is 11.6 Å². The van der Waals surface area contributed by atoms with Gasteiger partial charge in [-0.3, -0.25) is 9.59 Å². The summed E-state index contributed by atoms with van der Waals surface area (Å²) in [6, 6.07) is 0. The van der Waals surface area contributed by atoms with E-state index in [2.05, 4.69) is 4.90 Å². The zero-order valence-corrected chi connectivity index (χ0v) is 11.1. The molecule has 1 saturated heterocycles. The van der Waals surface area contributed by atoms with Gasteiger partial charge in [0.05, 0.1) is 18.8 Å². The summed E-state index contributed by atoms with van der Waals surface area (Å²) in [7, 11) is 0. The maximum absolute atomic E-state index is 11.6. The molecule has 0 N–H and O–H groups in total. The molecule has 0 aliphatic carbocycles. The normalized spacial score (nSPS) is 15.8. The van der Waals surface area contributed by atoms with Crippen LogP contribution < -0.4 is 0 Å². The molecule has 1 fully saturated rings. The van der Waals surface area contributed by atoms with Crippen LogP contribution in [0.5, 0.6) is 0 Å². The van der Waals surface area contributed by atoms with E-state index >= 15 is 0 Å². The number of Topliss-reactive ketones (excluding diaryl/α,β-unsaturated/α-hetero) is 2. The highest BCUT2D eigenvalue weighted by atomic mass is 16.5. The monoisotopic (exact) mass is 251 g/mol. The second-order valence-corrected chi connectivity index (χ2v) is 4.12. The number of ketones is 2. The second-order valence-electron chi connectivity index (χ2n) is 4.12. The van der Waals surface area contributed by atoms with Crippen LogP contribution in [0.25, 0.3) is 0 Å². The molecule has 0 spiro atoms. The molecule has 0 aromatic heterocycles. The highest BCUT2D eigenvalue weighted by Gasteiger charge is 2.13. The summed E-state index contributed by atoms with van der Waals surface area (Å²) >= 11 is 0. The molecular formula is C14H21NO3. The predicted octanol–water partition coefficient (Wildman–Crippen LogP) is 1.72. The van der Waals surface area contributed by atoms with Crippen molar-refractivity contribution in [2.45, 2.75) is 26.7 Å². The molecule has 1 aliphatic heterocycles. The minimum atomic E-state index is -0.0894. The average Bonchev–Trinajstić information content (AvgIpc) is 2.43. The van der Waals surface area contributed by atoms with Gasteiger partial charge >= 0.3 is 0 Å². The first-order chi connectivity index (χ1) is 8.69. The number of rotatable bonds is 6. The molecule has 1 heterocycles. The Kier molecular flexibility index (Phi) is 6.36. The zero-order chi connectivity index (χ0) is 13.4. The number of carbonyl (C=O) groups is 2. The highest BCUT2D eigenvalue weighted by molar-refractivity contribution is 6.20. The molecule has 100 valence electrons. The molecular weight excluding hydrogens is 230 g/mol. The zero-order valence-electron chi connectivity index (χ0n) is 11.1. The first kappa shape index (κ1) is 14.6. The molecule has 0 atom stereocenters. The van der Waals surface area contributed by atoms with Crippen LogP contribution in [0, 0.1) is 0 Å². The Labute approximate surface area is 108 Å². The van der Waals surface area contributed by atoms with Gasteiger partial charge in [-0.1, -0.05) is 13.8 Å². The van der Waals surface area contributed by atoms with Crippen molar-refractivity contribution in [3.05, 3.63) is 23.9 Å². The van der Waals surface area contributed by atoms with E-state index in [1.807, 2.05) is 6.20 Å². The number of allylic oxidation sites excluding steroid dienone is 3. The van der Waals surface area contributed by atoms with Crippen LogP contribution >= 0.6 is 0 Å². The number of morpholine rings is 1. The van der Waals surface area contributed by atoms with E-state index < -0.39 is 0 Å². The average molecular weight is 251 g/mol. The van der Waals surface area contributed by atoms with Gasteiger partial charge in [-0.05, 0) is 18.4 Å². The van der Waals surface area contributed by atoms with Crippen LogP contribution in [0.2, 0.25) is 0 Å². The van der Waals surface area contributed by atoms with E-state index in [0.717, 1.165) is 26.3 Å². The van der Waals surface area contributed by atoms with Crippen molar-refractivity contribution in [1.82, 2.24) is 4.90 Å². The third-order valence-corrected chi connectivity index (χ3v) is 2.85. The molecule has 0 saturated carbocycles. The van der Waals surface area contributed by atoms with E-state index in [-0.39, 0.29) is 11.6 Å². The molecule has 4 nitrogen and oxygen atoms in total. The summed E-state index contributed by atoms with van der Waals surface area (Å²) < 4.78 is 5.24. The van der Waals surface area contributed by atoms with Gasteiger partial charge < -0.3 is 9.64 Å². The summed E-state index contributed by atoms with van der Waals surface area (Å²) in [4.78, 5) is 25.4. The van der Waals surface area contributed by atoms with Gasteiger partial charge in [-0.15, -0.1) is 0 Å². The van der Waals surface area contributed by atoms with E-state index in [0.29, 0.717) is 18.4 Å². The van der Waals surface area contributed by atoms with Crippen molar-refractivity contribution in [3.8, 4) is 0 Å². The van der Waals surface area contributed by atoms with E-state index in [1.54, 1.807) is 26.0 Å². The lowest BCUT2D eigenvalue weighted by Gasteiger charge is -2.24. The largest absolute Gasteiger partial charge is 0.378 e. The lowest BCUT2D eigenvalue weighted by molar-refractivity contribution is -0.121. The molecule has 0 aromatic carbocycles. The summed E-state index contributed by atoms with van der Waals surface area (Å²) in [5.74, 6) is -0.179. The summed E-state index contributed by atoms with van der Waals surface area (Å²) in [6.07, 6.45) is 6.05. The van der Waals surface area contributed by atoms with E-state index in [4.69, 9.17) is 4.74 Å². The van der Waals surface area contributed by atoms with Gasteiger partial charge in [0.25, 0.3) is 0 Å². The molecule has 0 unspecified atom stereocenters. The third-order valence-electron chi connectivity index (χ3n) is 2.85.